The van der Waals surface area contributed by atoms with Crippen LogP contribution in [0.2, 0.25) is 0 Å². The van der Waals surface area contributed by atoms with E-state index >= 15 is 0 Å². The van der Waals surface area contributed by atoms with Gasteiger partial charge < -0.3 is 0 Å². The highest BCUT2D eigenvalue weighted by Crippen LogP contribution is 2.37. The van der Waals surface area contributed by atoms with Gasteiger partial charge in [-0.25, -0.2) is 24.9 Å². The Kier molecular flexibility index (Phi) is 6.20. The second kappa shape index (κ2) is 10.6. The third-order valence-corrected chi connectivity index (χ3v) is 8.48. The fourth-order valence-electron chi connectivity index (χ4n) is 5.19. The van der Waals surface area contributed by atoms with E-state index in [0.717, 1.165) is 54.8 Å². The first kappa shape index (κ1) is 25.1. The molecular weight excluding hydrogens is 549 g/mol. The molecule has 43 heavy (non-hydrogen) atoms. The van der Waals surface area contributed by atoms with Crippen LogP contribution in [0.3, 0.4) is 0 Å². The van der Waals surface area contributed by atoms with Gasteiger partial charge >= 0.3 is 0 Å². The van der Waals surface area contributed by atoms with Gasteiger partial charge in [-0.15, -0.1) is 11.3 Å². The van der Waals surface area contributed by atoms with E-state index in [0.29, 0.717) is 17.5 Å². The lowest BCUT2D eigenvalue weighted by Gasteiger charge is -2.10. The summed E-state index contributed by atoms with van der Waals surface area (Å²) < 4.78 is 2.24. The minimum absolute atomic E-state index is 0.618. The Labute approximate surface area is 251 Å². The van der Waals surface area contributed by atoms with Gasteiger partial charge in [0.05, 0.1) is 15.9 Å². The first-order valence-corrected chi connectivity index (χ1v) is 14.7. The lowest BCUT2D eigenvalue weighted by atomic mass is 10.0. The quantitative estimate of drug-likeness (QED) is 0.206. The van der Waals surface area contributed by atoms with Crippen LogP contribution in [0.4, 0.5) is 0 Å². The minimum atomic E-state index is 0.618. The summed E-state index contributed by atoms with van der Waals surface area (Å²) in [4.78, 5) is 28.6. The molecule has 0 spiro atoms. The molecular formula is C36H22N6S. The predicted octanol–water partition coefficient (Wildman–Crippen LogP) is 8.76. The zero-order valence-electron chi connectivity index (χ0n) is 22.8. The molecule has 0 N–H and O–H groups in total. The highest BCUT2D eigenvalue weighted by molar-refractivity contribution is 7.26. The van der Waals surface area contributed by atoms with Gasteiger partial charge in [0.1, 0.15) is 12.0 Å². The first-order valence-electron chi connectivity index (χ1n) is 13.9. The maximum atomic E-state index is 4.88. The van der Waals surface area contributed by atoms with Crippen molar-refractivity contribution in [2.75, 3.05) is 0 Å². The third-order valence-electron chi connectivity index (χ3n) is 7.32. The minimum Gasteiger partial charge on any atom is -0.254 e. The van der Waals surface area contributed by atoms with Crippen molar-refractivity contribution in [3.8, 4) is 56.7 Å². The highest BCUT2D eigenvalue weighted by atomic mass is 32.1. The molecule has 0 saturated heterocycles. The molecule has 202 valence electrons. The number of thiophene rings is 1. The summed E-state index contributed by atoms with van der Waals surface area (Å²) in [5.74, 6) is 1.89. The zero-order valence-corrected chi connectivity index (χ0v) is 23.6. The molecule has 0 aliphatic rings. The molecule has 0 atom stereocenters. The van der Waals surface area contributed by atoms with E-state index < -0.39 is 0 Å². The molecule has 0 bridgehead atoms. The van der Waals surface area contributed by atoms with E-state index in [9.17, 15) is 0 Å². The summed E-state index contributed by atoms with van der Waals surface area (Å²) in [5, 5.41) is 1.14. The van der Waals surface area contributed by atoms with Gasteiger partial charge in [-0.2, -0.15) is 0 Å². The Morgan fingerprint density at radius 3 is 1.79 bits per heavy atom. The first-order chi connectivity index (χ1) is 21.3. The standard InChI is InChI=1S/C36H22N6S/c1-3-10-23(11-4-1)34-40-35(24-12-5-2-6-13-24)42-36(41-34)26-15-9-14-25(20-26)27-18-19-29(37-21-27)32-33-31(38-22-39-32)28-16-7-8-17-30(28)43-33/h1-22H. The van der Waals surface area contributed by atoms with E-state index in [2.05, 4.69) is 40.3 Å². The van der Waals surface area contributed by atoms with Gasteiger partial charge in [-0.3, -0.25) is 4.98 Å². The molecule has 0 aliphatic carbocycles. The van der Waals surface area contributed by atoms with Gasteiger partial charge in [-0.05, 0) is 23.8 Å². The van der Waals surface area contributed by atoms with Crippen LogP contribution < -0.4 is 0 Å². The molecule has 0 fully saturated rings. The summed E-state index contributed by atoms with van der Waals surface area (Å²) in [5.41, 5.74) is 7.43. The lowest BCUT2D eigenvalue weighted by molar-refractivity contribution is 1.07. The molecule has 0 amide bonds. The van der Waals surface area contributed by atoms with Gasteiger partial charge in [0, 0.05) is 38.5 Å². The number of nitrogens with zero attached hydrogens (tertiary/aromatic N) is 6. The van der Waals surface area contributed by atoms with Gasteiger partial charge in [0.2, 0.25) is 0 Å². The average Bonchev–Trinajstić information content (AvgIpc) is 3.48. The van der Waals surface area contributed by atoms with Crippen LogP contribution >= 0.6 is 11.3 Å². The molecule has 0 aliphatic heterocycles. The zero-order chi connectivity index (χ0) is 28.6. The average molecular weight is 571 g/mol. The summed E-state index contributed by atoms with van der Waals surface area (Å²) in [6, 6.07) is 40.7. The fourth-order valence-corrected chi connectivity index (χ4v) is 6.34. The van der Waals surface area contributed by atoms with Crippen molar-refractivity contribution < 1.29 is 0 Å². The second-order valence-corrected chi connectivity index (χ2v) is 11.1. The number of hydrogen-bond acceptors (Lipinski definition) is 7. The normalized spacial score (nSPS) is 11.3. The molecule has 4 heterocycles. The molecule has 0 radical (unpaired) electrons. The molecule has 0 saturated carbocycles. The number of hydrogen-bond donors (Lipinski definition) is 0. The van der Waals surface area contributed by atoms with Crippen molar-refractivity contribution in [2.45, 2.75) is 0 Å². The molecule has 4 aromatic heterocycles. The Morgan fingerprint density at radius 1 is 0.465 bits per heavy atom. The van der Waals surface area contributed by atoms with E-state index in [1.807, 2.05) is 97.2 Å². The third kappa shape index (κ3) is 4.71. The summed E-state index contributed by atoms with van der Waals surface area (Å²) >= 11 is 1.70. The smallest absolute Gasteiger partial charge is 0.164 e. The molecule has 7 heteroatoms. The maximum Gasteiger partial charge on any atom is 0.164 e. The molecule has 6 nitrogen and oxygen atoms in total. The second-order valence-electron chi connectivity index (χ2n) is 10.0. The van der Waals surface area contributed by atoms with Crippen LogP contribution in [-0.4, -0.2) is 29.9 Å². The topological polar surface area (TPSA) is 77.3 Å². The number of benzene rings is 4. The predicted molar refractivity (Wildman–Crippen MR) is 173 cm³/mol. The fraction of sp³-hybridized carbons (Fsp3) is 0. The Bertz CT molecular complexity index is 2170. The molecule has 8 aromatic rings. The molecule has 8 rings (SSSR count). The lowest BCUT2D eigenvalue weighted by Crippen LogP contribution is -2.00. The van der Waals surface area contributed by atoms with E-state index in [-0.39, 0.29) is 0 Å². The summed E-state index contributed by atoms with van der Waals surface area (Å²) in [7, 11) is 0. The van der Waals surface area contributed by atoms with Crippen LogP contribution in [0.1, 0.15) is 0 Å². The highest BCUT2D eigenvalue weighted by Gasteiger charge is 2.15. The van der Waals surface area contributed by atoms with Crippen molar-refractivity contribution >= 4 is 31.6 Å². The Morgan fingerprint density at radius 2 is 1.09 bits per heavy atom. The Hall–Kier alpha value is -5.66. The SMILES string of the molecule is c1ccc(-c2nc(-c3ccccc3)nc(-c3cccc(-c4ccc(-c5ncnc6c5sc5ccccc56)nc4)c3)n2)cc1. The van der Waals surface area contributed by atoms with Crippen LogP contribution in [0, 0.1) is 0 Å². The van der Waals surface area contributed by atoms with Crippen molar-refractivity contribution in [2.24, 2.45) is 0 Å². The number of fused-ring (bicyclic) bond motifs is 3. The van der Waals surface area contributed by atoms with E-state index in [4.69, 9.17) is 19.9 Å². The molecule has 4 aromatic carbocycles. The van der Waals surface area contributed by atoms with Crippen LogP contribution in [0.25, 0.3) is 77.0 Å². The van der Waals surface area contributed by atoms with Crippen LogP contribution in [-0.2, 0) is 0 Å². The van der Waals surface area contributed by atoms with Crippen molar-refractivity contribution in [1.82, 2.24) is 29.9 Å². The van der Waals surface area contributed by atoms with Crippen LogP contribution in [0.15, 0.2) is 134 Å². The monoisotopic (exact) mass is 570 g/mol. The summed E-state index contributed by atoms with van der Waals surface area (Å²) in [6.07, 6.45) is 3.52. The summed E-state index contributed by atoms with van der Waals surface area (Å²) in [6.45, 7) is 0. The molecule has 0 unspecified atom stereocenters. The van der Waals surface area contributed by atoms with Crippen molar-refractivity contribution in [3.63, 3.8) is 0 Å². The van der Waals surface area contributed by atoms with Crippen molar-refractivity contribution in [3.05, 3.63) is 134 Å². The van der Waals surface area contributed by atoms with E-state index in [1.54, 1.807) is 17.7 Å². The number of pyridine rings is 1. The van der Waals surface area contributed by atoms with Crippen molar-refractivity contribution in [1.29, 1.82) is 0 Å². The van der Waals surface area contributed by atoms with Crippen LogP contribution in [0.5, 0.6) is 0 Å². The van der Waals surface area contributed by atoms with Gasteiger partial charge in [-0.1, -0.05) is 103 Å². The van der Waals surface area contributed by atoms with E-state index in [1.165, 1.54) is 4.70 Å². The maximum absolute atomic E-state index is 4.88. The Balaban J connectivity index is 1.18. The number of aromatic nitrogens is 6. The van der Waals surface area contributed by atoms with Gasteiger partial charge in [0.25, 0.3) is 0 Å². The largest absolute Gasteiger partial charge is 0.254 e. The number of rotatable bonds is 5. The van der Waals surface area contributed by atoms with Gasteiger partial charge in [0.15, 0.2) is 17.5 Å².